The minimum atomic E-state index is 0.282. The fraction of sp³-hybridized carbons (Fsp3) is 0.769. The van der Waals surface area contributed by atoms with E-state index in [1.165, 1.54) is 0 Å². The van der Waals surface area contributed by atoms with E-state index in [9.17, 15) is 0 Å². The summed E-state index contributed by atoms with van der Waals surface area (Å²) in [6.07, 6.45) is 7.44. The first-order chi connectivity index (χ1) is 8.16. The zero-order valence-corrected chi connectivity index (χ0v) is 11.2. The van der Waals surface area contributed by atoms with Crippen LogP contribution in [-0.2, 0) is 7.05 Å². The van der Waals surface area contributed by atoms with Crippen LogP contribution < -0.4 is 10.1 Å². The van der Waals surface area contributed by atoms with Gasteiger partial charge in [-0.05, 0) is 19.9 Å². The third kappa shape index (κ3) is 1.95. The van der Waals surface area contributed by atoms with Crippen molar-refractivity contribution in [3.63, 3.8) is 0 Å². The summed E-state index contributed by atoms with van der Waals surface area (Å²) in [6, 6.07) is 0.583. The summed E-state index contributed by atoms with van der Waals surface area (Å²) in [5.41, 5.74) is 0.282. The predicted octanol–water partition coefficient (Wildman–Crippen LogP) is 1.97. The highest BCUT2D eigenvalue weighted by Crippen LogP contribution is 2.48. The second-order valence-electron chi connectivity index (χ2n) is 4.97. The molecule has 0 aromatic carbocycles. The van der Waals surface area contributed by atoms with Crippen LogP contribution in [0.3, 0.4) is 0 Å². The number of nitrogens with zero attached hydrogens (tertiary/aromatic N) is 2. The molecule has 1 saturated carbocycles. The van der Waals surface area contributed by atoms with Crippen LogP contribution in [0.25, 0.3) is 0 Å². The molecule has 1 aliphatic carbocycles. The van der Waals surface area contributed by atoms with Crippen molar-refractivity contribution < 1.29 is 4.74 Å². The van der Waals surface area contributed by atoms with E-state index in [0.717, 1.165) is 25.0 Å². The number of aromatic nitrogens is 2. The minimum absolute atomic E-state index is 0.282. The Balaban J connectivity index is 2.07. The highest BCUT2D eigenvalue weighted by molar-refractivity contribution is 5.16. The van der Waals surface area contributed by atoms with Gasteiger partial charge in [0.15, 0.2) is 5.75 Å². The smallest absolute Gasteiger partial charge is 0.157 e. The fourth-order valence-electron chi connectivity index (χ4n) is 3.14. The van der Waals surface area contributed by atoms with Crippen molar-refractivity contribution in [3.05, 3.63) is 12.4 Å². The van der Waals surface area contributed by atoms with E-state index in [0.29, 0.717) is 12.1 Å². The summed E-state index contributed by atoms with van der Waals surface area (Å²) in [7, 11) is 3.96. The zero-order valence-electron chi connectivity index (χ0n) is 11.2. The van der Waals surface area contributed by atoms with Crippen molar-refractivity contribution in [3.8, 4) is 5.75 Å². The average Bonchev–Trinajstić information content (AvgIpc) is 2.71. The molecule has 1 N–H and O–H groups in total. The van der Waals surface area contributed by atoms with E-state index in [2.05, 4.69) is 24.3 Å². The monoisotopic (exact) mass is 237 g/mol. The lowest BCUT2D eigenvalue weighted by Gasteiger charge is -2.54. The minimum Gasteiger partial charge on any atom is -0.486 e. The molecule has 2 unspecified atom stereocenters. The SMILES string of the molecule is CCC1(CC)C(NC)CC1Oc1cnn(C)c1. The third-order valence-corrected chi connectivity index (χ3v) is 4.41. The maximum atomic E-state index is 6.08. The number of rotatable bonds is 5. The summed E-state index contributed by atoms with van der Waals surface area (Å²) in [5, 5.41) is 7.56. The molecule has 4 nitrogen and oxygen atoms in total. The Hall–Kier alpha value is -1.03. The Labute approximate surface area is 103 Å². The molecule has 17 heavy (non-hydrogen) atoms. The first kappa shape index (κ1) is 12.4. The van der Waals surface area contributed by atoms with Gasteiger partial charge in [-0.25, -0.2) is 0 Å². The highest BCUT2D eigenvalue weighted by Gasteiger charge is 2.53. The van der Waals surface area contributed by atoms with Crippen LogP contribution in [0, 0.1) is 5.41 Å². The van der Waals surface area contributed by atoms with Gasteiger partial charge in [0.2, 0.25) is 0 Å². The molecule has 1 aliphatic rings. The second kappa shape index (κ2) is 4.69. The van der Waals surface area contributed by atoms with Crippen LogP contribution in [0.5, 0.6) is 5.75 Å². The molecule has 0 aliphatic heterocycles. The van der Waals surface area contributed by atoms with E-state index in [-0.39, 0.29) is 5.41 Å². The zero-order chi connectivity index (χ0) is 12.5. The van der Waals surface area contributed by atoms with Gasteiger partial charge in [0.25, 0.3) is 0 Å². The van der Waals surface area contributed by atoms with Crippen LogP contribution in [0.15, 0.2) is 12.4 Å². The van der Waals surface area contributed by atoms with Gasteiger partial charge in [-0.3, -0.25) is 4.68 Å². The van der Waals surface area contributed by atoms with Gasteiger partial charge >= 0.3 is 0 Å². The molecule has 0 saturated heterocycles. The van der Waals surface area contributed by atoms with E-state index in [4.69, 9.17) is 4.74 Å². The van der Waals surface area contributed by atoms with Crippen LogP contribution in [-0.4, -0.2) is 29.0 Å². The van der Waals surface area contributed by atoms with Gasteiger partial charge in [0.05, 0.1) is 12.4 Å². The molecule has 0 bridgehead atoms. The van der Waals surface area contributed by atoms with E-state index in [1.54, 1.807) is 10.9 Å². The van der Waals surface area contributed by atoms with Gasteiger partial charge in [-0.15, -0.1) is 0 Å². The number of hydrogen-bond donors (Lipinski definition) is 1. The van der Waals surface area contributed by atoms with Gasteiger partial charge in [-0.2, -0.15) is 5.10 Å². The Kier molecular flexibility index (Phi) is 3.43. The molecule has 96 valence electrons. The molecular weight excluding hydrogens is 214 g/mol. The molecule has 4 heteroatoms. The summed E-state index contributed by atoms with van der Waals surface area (Å²) in [4.78, 5) is 0. The van der Waals surface area contributed by atoms with Crippen LogP contribution in [0.1, 0.15) is 33.1 Å². The molecule has 1 aromatic rings. The van der Waals surface area contributed by atoms with Gasteiger partial charge in [0, 0.05) is 24.9 Å². The Morgan fingerprint density at radius 2 is 2.24 bits per heavy atom. The standard InChI is InChI=1S/C13H23N3O/c1-5-13(6-2)11(14-3)7-12(13)17-10-8-15-16(4)9-10/h8-9,11-12,14H,5-7H2,1-4H3. The quantitative estimate of drug-likeness (QED) is 0.851. The van der Waals surface area contributed by atoms with Crippen molar-refractivity contribution in [1.29, 1.82) is 0 Å². The van der Waals surface area contributed by atoms with Gasteiger partial charge < -0.3 is 10.1 Å². The maximum absolute atomic E-state index is 6.08. The lowest BCUT2D eigenvalue weighted by molar-refractivity contribution is -0.0836. The molecule has 0 amide bonds. The van der Waals surface area contributed by atoms with Gasteiger partial charge in [-0.1, -0.05) is 13.8 Å². The van der Waals surface area contributed by atoms with Crippen molar-refractivity contribution in [1.82, 2.24) is 15.1 Å². The summed E-state index contributed by atoms with van der Waals surface area (Å²) < 4.78 is 7.86. The van der Waals surface area contributed by atoms with Crippen molar-refractivity contribution in [2.75, 3.05) is 7.05 Å². The molecule has 2 rings (SSSR count). The van der Waals surface area contributed by atoms with E-state index < -0.39 is 0 Å². The molecule has 0 radical (unpaired) electrons. The van der Waals surface area contributed by atoms with Crippen LogP contribution in [0.4, 0.5) is 0 Å². The largest absolute Gasteiger partial charge is 0.486 e. The number of nitrogens with one attached hydrogen (secondary N) is 1. The lowest BCUT2D eigenvalue weighted by Crippen LogP contribution is -2.63. The topological polar surface area (TPSA) is 39.1 Å². The Bertz CT molecular complexity index is 370. The number of ether oxygens (including phenoxy) is 1. The number of hydrogen-bond acceptors (Lipinski definition) is 3. The summed E-state index contributed by atoms with van der Waals surface area (Å²) in [5.74, 6) is 0.887. The molecule has 1 aromatic heterocycles. The van der Waals surface area contributed by atoms with Crippen molar-refractivity contribution >= 4 is 0 Å². The Morgan fingerprint density at radius 1 is 1.53 bits per heavy atom. The maximum Gasteiger partial charge on any atom is 0.157 e. The number of aryl methyl sites for hydroxylation is 1. The predicted molar refractivity (Wildman–Crippen MR) is 68.1 cm³/mol. The summed E-state index contributed by atoms with van der Waals surface area (Å²) >= 11 is 0. The van der Waals surface area contributed by atoms with E-state index >= 15 is 0 Å². The second-order valence-corrected chi connectivity index (χ2v) is 4.97. The van der Waals surface area contributed by atoms with Crippen LogP contribution in [0.2, 0.25) is 0 Å². The molecule has 1 heterocycles. The highest BCUT2D eigenvalue weighted by atomic mass is 16.5. The van der Waals surface area contributed by atoms with Crippen molar-refractivity contribution in [2.24, 2.45) is 12.5 Å². The molecular formula is C13H23N3O. The Morgan fingerprint density at radius 3 is 2.71 bits per heavy atom. The third-order valence-electron chi connectivity index (χ3n) is 4.41. The molecule has 1 fully saturated rings. The first-order valence-corrected chi connectivity index (χ1v) is 6.48. The van der Waals surface area contributed by atoms with Crippen LogP contribution >= 0.6 is 0 Å². The van der Waals surface area contributed by atoms with E-state index in [1.807, 2.05) is 20.3 Å². The van der Waals surface area contributed by atoms with Gasteiger partial charge in [0.1, 0.15) is 6.10 Å². The normalized spacial score (nSPS) is 26.6. The van der Waals surface area contributed by atoms with Crippen molar-refractivity contribution in [2.45, 2.75) is 45.3 Å². The molecule has 0 spiro atoms. The molecule has 2 atom stereocenters. The fourth-order valence-corrected chi connectivity index (χ4v) is 3.14. The lowest BCUT2D eigenvalue weighted by atomic mass is 9.58. The first-order valence-electron chi connectivity index (χ1n) is 6.48. The summed E-state index contributed by atoms with van der Waals surface area (Å²) in [6.45, 7) is 4.51. The average molecular weight is 237 g/mol.